The summed E-state index contributed by atoms with van der Waals surface area (Å²) in [7, 11) is 0. The molecule has 0 fully saturated rings. The van der Waals surface area contributed by atoms with Crippen molar-refractivity contribution < 1.29 is 9.90 Å². The summed E-state index contributed by atoms with van der Waals surface area (Å²) < 4.78 is 0. The Bertz CT molecular complexity index is 363. The average molecular weight is 161 g/mol. The smallest absolute Gasteiger partial charge is 0.337 e. The molecule has 0 atom stereocenters. The number of aromatic nitrogens is 1. The van der Waals surface area contributed by atoms with Crippen LogP contribution in [-0.4, -0.2) is 16.1 Å². The molecule has 1 heterocycles. The van der Waals surface area contributed by atoms with Gasteiger partial charge in [0.2, 0.25) is 0 Å². The molecule has 0 aliphatic rings. The van der Waals surface area contributed by atoms with Crippen molar-refractivity contribution in [3.8, 4) is 12.3 Å². The number of carboxylic acids is 1. The van der Waals surface area contributed by atoms with Crippen molar-refractivity contribution in [2.24, 2.45) is 0 Å². The Balaban J connectivity index is 3.35. The summed E-state index contributed by atoms with van der Waals surface area (Å²) in [6.45, 7) is 1.67. The maximum Gasteiger partial charge on any atom is 0.337 e. The van der Waals surface area contributed by atoms with Crippen molar-refractivity contribution in [3.63, 3.8) is 0 Å². The van der Waals surface area contributed by atoms with E-state index in [0.717, 1.165) is 0 Å². The van der Waals surface area contributed by atoms with E-state index in [1.165, 1.54) is 12.4 Å². The molecular formula is C9H7NO2. The van der Waals surface area contributed by atoms with Crippen molar-refractivity contribution in [1.82, 2.24) is 4.98 Å². The van der Waals surface area contributed by atoms with Crippen LogP contribution >= 0.6 is 0 Å². The van der Waals surface area contributed by atoms with Gasteiger partial charge in [-0.2, -0.15) is 0 Å². The van der Waals surface area contributed by atoms with E-state index >= 15 is 0 Å². The van der Waals surface area contributed by atoms with Gasteiger partial charge in [-0.05, 0) is 12.5 Å². The molecule has 0 saturated heterocycles. The number of aromatic carboxylic acids is 1. The molecule has 0 unspecified atom stereocenters. The summed E-state index contributed by atoms with van der Waals surface area (Å²) in [5.74, 6) is 1.36. The molecular weight excluding hydrogens is 154 g/mol. The highest BCUT2D eigenvalue weighted by molar-refractivity contribution is 5.89. The molecule has 0 aliphatic carbocycles. The van der Waals surface area contributed by atoms with Crippen LogP contribution in [0, 0.1) is 19.3 Å². The van der Waals surface area contributed by atoms with Gasteiger partial charge < -0.3 is 5.11 Å². The van der Waals surface area contributed by atoms with Gasteiger partial charge in [0.15, 0.2) is 0 Å². The van der Waals surface area contributed by atoms with Crippen LogP contribution in [0.2, 0.25) is 0 Å². The average Bonchev–Trinajstić information content (AvgIpc) is 2.04. The highest BCUT2D eigenvalue weighted by Crippen LogP contribution is 2.10. The van der Waals surface area contributed by atoms with Crippen molar-refractivity contribution in [2.45, 2.75) is 6.92 Å². The number of carboxylic acid groups (broad SMARTS) is 1. The van der Waals surface area contributed by atoms with Gasteiger partial charge in [-0.1, -0.05) is 5.92 Å². The molecule has 0 bridgehead atoms. The van der Waals surface area contributed by atoms with Crippen LogP contribution in [0.15, 0.2) is 12.4 Å². The van der Waals surface area contributed by atoms with E-state index < -0.39 is 5.97 Å². The molecule has 60 valence electrons. The number of rotatable bonds is 1. The van der Waals surface area contributed by atoms with Crippen molar-refractivity contribution >= 4 is 5.97 Å². The lowest BCUT2D eigenvalue weighted by Gasteiger charge is -2.00. The number of pyridine rings is 1. The number of terminal acetylenes is 1. The second kappa shape index (κ2) is 3.05. The molecule has 0 spiro atoms. The van der Waals surface area contributed by atoms with Gasteiger partial charge in [0.05, 0.1) is 5.56 Å². The van der Waals surface area contributed by atoms with Crippen molar-refractivity contribution in [3.05, 3.63) is 29.1 Å². The lowest BCUT2D eigenvalue weighted by atomic mass is 10.1. The first-order valence-electron chi connectivity index (χ1n) is 3.31. The van der Waals surface area contributed by atoms with Gasteiger partial charge in [-0.25, -0.2) is 4.79 Å². The van der Waals surface area contributed by atoms with Crippen LogP contribution in [0.4, 0.5) is 0 Å². The van der Waals surface area contributed by atoms with Crippen LogP contribution in [-0.2, 0) is 0 Å². The van der Waals surface area contributed by atoms with E-state index in [-0.39, 0.29) is 5.56 Å². The fraction of sp³-hybridized carbons (Fsp3) is 0.111. The molecule has 0 radical (unpaired) electrons. The molecule has 1 aromatic heterocycles. The fourth-order valence-electron chi connectivity index (χ4n) is 0.886. The second-order valence-corrected chi connectivity index (χ2v) is 2.31. The number of hydrogen-bond acceptors (Lipinski definition) is 2. The zero-order valence-electron chi connectivity index (χ0n) is 6.53. The van der Waals surface area contributed by atoms with Crippen LogP contribution in [0.1, 0.15) is 21.5 Å². The zero-order valence-corrected chi connectivity index (χ0v) is 6.53. The highest BCUT2D eigenvalue weighted by Gasteiger charge is 2.08. The molecule has 0 amide bonds. The molecule has 1 N–H and O–H groups in total. The summed E-state index contributed by atoms with van der Waals surface area (Å²) >= 11 is 0. The van der Waals surface area contributed by atoms with Crippen LogP contribution in [0.5, 0.6) is 0 Å². The summed E-state index contributed by atoms with van der Waals surface area (Å²) in [6.07, 6.45) is 7.90. The minimum Gasteiger partial charge on any atom is -0.478 e. The van der Waals surface area contributed by atoms with E-state index in [0.29, 0.717) is 11.1 Å². The standard InChI is InChI=1S/C9H7NO2/c1-3-7-4-10-5-8(6(7)2)9(11)12/h1,4-5H,2H3,(H,11,12). The molecule has 0 aromatic carbocycles. The first kappa shape index (κ1) is 8.28. The number of hydrogen-bond donors (Lipinski definition) is 1. The van der Waals surface area contributed by atoms with Crippen LogP contribution in [0.3, 0.4) is 0 Å². The minimum absolute atomic E-state index is 0.158. The molecule has 1 aromatic rings. The van der Waals surface area contributed by atoms with E-state index in [1.54, 1.807) is 6.92 Å². The largest absolute Gasteiger partial charge is 0.478 e. The summed E-state index contributed by atoms with van der Waals surface area (Å²) in [5.41, 5.74) is 1.26. The Morgan fingerprint density at radius 2 is 2.33 bits per heavy atom. The topological polar surface area (TPSA) is 50.2 Å². The van der Waals surface area contributed by atoms with Gasteiger partial charge in [0.1, 0.15) is 0 Å². The second-order valence-electron chi connectivity index (χ2n) is 2.31. The molecule has 0 saturated carbocycles. The van der Waals surface area contributed by atoms with Crippen molar-refractivity contribution in [2.75, 3.05) is 0 Å². The SMILES string of the molecule is C#Cc1cncc(C(=O)O)c1C. The lowest BCUT2D eigenvalue weighted by Crippen LogP contribution is -2.02. The quantitative estimate of drug-likeness (QED) is 0.627. The number of carbonyl (C=O) groups is 1. The Morgan fingerprint density at radius 1 is 1.67 bits per heavy atom. The predicted octanol–water partition coefficient (Wildman–Crippen LogP) is 1.07. The Hall–Kier alpha value is -1.82. The zero-order chi connectivity index (χ0) is 9.14. The first-order valence-corrected chi connectivity index (χ1v) is 3.31. The van der Waals surface area contributed by atoms with Crippen LogP contribution in [0.25, 0.3) is 0 Å². The summed E-state index contributed by atoms with van der Waals surface area (Å²) in [4.78, 5) is 14.3. The lowest BCUT2D eigenvalue weighted by molar-refractivity contribution is 0.0695. The van der Waals surface area contributed by atoms with E-state index in [2.05, 4.69) is 10.9 Å². The van der Waals surface area contributed by atoms with Gasteiger partial charge in [-0.3, -0.25) is 4.98 Å². The Kier molecular flexibility index (Phi) is 2.11. The molecule has 12 heavy (non-hydrogen) atoms. The molecule has 3 heteroatoms. The fourth-order valence-corrected chi connectivity index (χ4v) is 0.886. The minimum atomic E-state index is -1.00. The highest BCUT2D eigenvalue weighted by atomic mass is 16.4. The van der Waals surface area contributed by atoms with Crippen molar-refractivity contribution in [1.29, 1.82) is 0 Å². The summed E-state index contributed by atoms with van der Waals surface area (Å²) in [5, 5.41) is 8.68. The molecule has 3 nitrogen and oxygen atoms in total. The van der Waals surface area contributed by atoms with Gasteiger partial charge >= 0.3 is 5.97 Å². The third kappa shape index (κ3) is 1.28. The summed E-state index contributed by atoms with van der Waals surface area (Å²) in [6, 6.07) is 0. The van der Waals surface area contributed by atoms with Gasteiger partial charge in [0.25, 0.3) is 0 Å². The Labute approximate surface area is 70.1 Å². The normalized spacial score (nSPS) is 9.00. The maximum absolute atomic E-state index is 10.6. The molecule has 1 rings (SSSR count). The van der Waals surface area contributed by atoms with Gasteiger partial charge in [0, 0.05) is 18.0 Å². The number of nitrogens with zero attached hydrogens (tertiary/aromatic N) is 1. The van der Waals surface area contributed by atoms with Gasteiger partial charge in [-0.15, -0.1) is 6.42 Å². The third-order valence-corrected chi connectivity index (χ3v) is 1.60. The third-order valence-electron chi connectivity index (χ3n) is 1.60. The van der Waals surface area contributed by atoms with E-state index in [1.807, 2.05) is 0 Å². The predicted molar refractivity (Wildman–Crippen MR) is 43.9 cm³/mol. The van der Waals surface area contributed by atoms with Crippen LogP contribution < -0.4 is 0 Å². The Morgan fingerprint density at radius 3 is 2.83 bits per heavy atom. The van der Waals surface area contributed by atoms with E-state index in [4.69, 9.17) is 11.5 Å². The van der Waals surface area contributed by atoms with E-state index in [9.17, 15) is 4.79 Å². The first-order chi connectivity index (χ1) is 5.66. The monoisotopic (exact) mass is 161 g/mol. The molecule has 0 aliphatic heterocycles. The maximum atomic E-state index is 10.6.